The van der Waals surface area contributed by atoms with Crippen molar-refractivity contribution in [1.82, 2.24) is 0 Å². The zero-order valence-electron chi connectivity index (χ0n) is 9.14. The number of hydrogen-bond acceptors (Lipinski definition) is 2. The number of hydrogen-bond donors (Lipinski definition) is 2. The minimum atomic E-state index is -0.601. The first-order chi connectivity index (χ1) is 5.86. The van der Waals surface area contributed by atoms with Crippen molar-refractivity contribution >= 4 is 0 Å². The van der Waals surface area contributed by atoms with Gasteiger partial charge in [0.05, 0.1) is 5.60 Å². The molecule has 0 spiro atoms. The molecule has 3 N–H and O–H groups in total. The molecule has 1 fully saturated rings. The Morgan fingerprint density at radius 1 is 1.15 bits per heavy atom. The first kappa shape index (κ1) is 11.0. The van der Waals surface area contributed by atoms with Crippen molar-refractivity contribution in [3.63, 3.8) is 0 Å². The lowest BCUT2D eigenvalue weighted by molar-refractivity contribution is -0.0488. The molecule has 0 aromatic heterocycles. The molecule has 0 saturated heterocycles. The van der Waals surface area contributed by atoms with Crippen LogP contribution in [-0.2, 0) is 0 Å². The maximum Gasteiger partial charge on any atom is 0.0803 e. The molecule has 0 aromatic carbocycles. The molecule has 0 bridgehead atoms. The topological polar surface area (TPSA) is 46.2 Å². The van der Waals surface area contributed by atoms with Gasteiger partial charge < -0.3 is 10.8 Å². The summed E-state index contributed by atoms with van der Waals surface area (Å²) in [7, 11) is 0. The quantitative estimate of drug-likeness (QED) is 0.657. The van der Waals surface area contributed by atoms with Crippen LogP contribution in [0.2, 0.25) is 0 Å². The van der Waals surface area contributed by atoms with Crippen LogP contribution in [0.25, 0.3) is 0 Å². The highest BCUT2D eigenvalue weighted by Crippen LogP contribution is 2.36. The third kappa shape index (κ3) is 2.44. The molecule has 0 radical (unpaired) electrons. The Balaban J connectivity index is 2.67. The summed E-state index contributed by atoms with van der Waals surface area (Å²) in [6.07, 6.45) is 5.26. The molecule has 1 aliphatic rings. The highest BCUT2D eigenvalue weighted by molar-refractivity contribution is 4.97. The zero-order chi connectivity index (χ0) is 10.1. The second kappa shape index (κ2) is 3.58. The maximum atomic E-state index is 10.4. The SMILES string of the molecule is CC(C)(C)C(N)C1(O)CCCCC1. The van der Waals surface area contributed by atoms with Crippen molar-refractivity contribution in [2.24, 2.45) is 11.1 Å². The highest BCUT2D eigenvalue weighted by Gasteiger charge is 2.41. The Kier molecular flexibility index (Phi) is 3.03. The standard InChI is InChI=1S/C11H23NO/c1-10(2,3)9(12)11(13)7-5-4-6-8-11/h9,13H,4-8,12H2,1-3H3. The van der Waals surface area contributed by atoms with Gasteiger partial charge in [0, 0.05) is 6.04 Å². The van der Waals surface area contributed by atoms with Gasteiger partial charge in [-0.15, -0.1) is 0 Å². The summed E-state index contributed by atoms with van der Waals surface area (Å²) in [5.74, 6) is 0. The molecule has 0 aromatic rings. The van der Waals surface area contributed by atoms with E-state index in [9.17, 15) is 5.11 Å². The Morgan fingerprint density at radius 3 is 2.00 bits per heavy atom. The van der Waals surface area contributed by atoms with Crippen LogP contribution in [-0.4, -0.2) is 16.7 Å². The average molecular weight is 185 g/mol. The second-order valence-corrected chi connectivity index (χ2v) is 5.51. The molecule has 13 heavy (non-hydrogen) atoms. The lowest BCUT2D eigenvalue weighted by atomic mass is 9.70. The maximum absolute atomic E-state index is 10.4. The molecule has 1 atom stereocenters. The lowest BCUT2D eigenvalue weighted by Crippen LogP contribution is -2.55. The van der Waals surface area contributed by atoms with Gasteiger partial charge in [0.15, 0.2) is 0 Å². The van der Waals surface area contributed by atoms with E-state index in [0.29, 0.717) is 0 Å². The summed E-state index contributed by atoms with van der Waals surface area (Å²) in [5.41, 5.74) is 5.52. The van der Waals surface area contributed by atoms with E-state index in [1.54, 1.807) is 0 Å². The Hall–Kier alpha value is -0.0800. The molecule has 1 rings (SSSR count). The minimum Gasteiger partial charge on any atom is -0.388 e. The molecule has 0 heterocycles. The van der Waals surface area contributed by atoms with E-state index in [2.05, 4.69) is 20.8 Å². The van der Waals surface area contributed by atoms with E-state index in [4.69, 9.17) is 5.73 Å². The van der Waals surface area contributed by atoms with Gasteiger partial charge in [-0.2, -0.15) is 0 Å². The molecule has 2 heteroatoms. The summed E-state index contributed by atoms with van der Waals surface area (Å²) >= 11 is 0. The molecule has 1 aliphatic carbocycles. The average Bonchev–Trinajstić information content (AvgIpc) is 2.03. The van der Waals surface area contributed by atoms with E-state index < -0.39 is 5.60 Å². The fraction of sp³-hybridized carbons (Fsp3) is 1.00. The van der Waals surface area contributed by atoms with Crippen LogP contribution in [0.3, 0.4) is 0 Å². The monoisotopic (exact) mass is 185 g/mol. The predicted octanol–water partition coefficient (Wildman–Crippen LogP) is 2.05. The van der Waals surface area contributed by atoms with Gasteiger partial charge >= 0.3 is 0 Å². The van der Waals surface area contributed by atoms with Crippen LogP contribution in [0, 0.1) is 5.41 Å². The molecule has 78 valence electrons. The van der Waals surface area contributed by atoms with Crippen LogP contribution in [0.4, 0.5) is 0 Å². The first-order valence-corrected chi connectivity index (χ1v) is 5.34. The molecule has 0 amide bonds. The molecule has 2 nitrogen and oxygen atoms in total. The number of rotatable bonds is 1. The molecule has 1 unspecified atom stereocenters. The summed E-state index contributed by atoms with van der Waals surface area (Å²) in [6.45, 7) is 6.30. The summed E-state index contributed by atoms with van der Waals surface area (Å²) in [4.78, 5) is 0. The normalized spacial score (nSPS) is 25.6. The smallest absolute Gasteiger partial charge is 0.0803 e. The minimum absolute atomic E-state index is 0.00604. The Morgan fingerprint density at radius 2 is 1.62 bits per heavy atom. The van der Waals surface area contributed by atoms with E-state index in [0.717, 1.165) is 25.7 Å². The van der Waals surface area contributed by atoms with Crippen molar-refractivity contribution in [1.29, 1.82) is 0 Å². The first-order valence-electron chi connectivity index (χ1n) is 5.34. The van der Waals surface area contributed by atoms with Gasteiger partial charge in [0.2, 0.25) is 0 Å². The van der Waals surface area contributed by atoms with Gasteiger partial charge in [-0.25, -0.2) is 0 Å². The fourth-order valence-corrected chi connectivity index (χ4v) is 2.28. The fourth-order valence-electron chi connectivity index (χ4n) is 2.28. The highest BCUT2D eigenvalue weighted by atomic mass is 16.3. The molecule has 0 aliphatic heterocycles. The lowest BCUT2D eigenvalue weighted by Gasteiger charge is -2.43. The predicted molar refractivity (Wildman–Crippen MR) is 55.5 cm³/mol. The van der Waals surface area contributed by atoms with Gasteiger partial charge in [0.1, 0.15) is 0 Å². The summed E-state index contributed by atoms with van der Waals surface area (Å²) < 4.78 is 0. The van der Waals surface area contributed by atoms with Gasteiger partial charge in [0.25, 0.3) is 0 Å². The van der Waals surface area contributed by atoms with Crippen LogP contribution >= 0.6 is 0 Å². The summed E-state index contributed by atoms with van der Waals surface area (Å²) in [6, 6.07) is -0.0969. The molecular weight excluding hydrogens is 162 g/mol. The van der Waals surface area contributed by atoms with E-state index >= 15 is 0 Å². The van der Waals surface area contributed by atoms with Crippen molar-refractivity contribution < 1.29 is 5.11 Å². The third-order valence-electron chi connectivity index (χ3n) is 3.23. The Bertz CT molecular complexity index is 165. The molecular formula is C11H23NO. The van der Waals surface area contributed by atoms with Gasteiger partial charge in [-0.1, -0.05) is 40.0 Å². The van der Waals surface area contributed by atoms with E-state index in [-0.39, 0.29) is 11.5 Å². The number of aliphatic hydroxyl groups is 1. The second-order valence-electron chi connectivity index (χ2n) is 5.51. The summed E-state index contributed by atoms with van der Waals surface area (Å²) in [5, 5.41) is 10.4. The van der Waals surface area contributed by atoms with Crippen LogP contribution < -0.4 is 5.73 Å². The largest absolute Gasteiger partial charge is 0.388 e. The van der Waals surface area contributed by atoms with E-state index in [1.165, 1.54) is 6.42 Å². The van der Waals surface area contributed by atoms with Crippen LogP contribution in [0.5, 0.6) is 0 Å². The third-order valence-corrected chi connectivity index (χ3v) is 3.23. The van der Waals surface area contributed by atoms with Crippen molar-refractivity contribution in [3.8, 4) is 0 Å². The van der Waals surface area contributed by atoms with Crippen LogP contribution in [0.15, 0.2) is 0 Å². The zero-order valence-corrected chi connectivity index (χ0v) is 9.14. The number of nitrogens with two attached hydrogens (primary N) is 1. The Labute approximate surface area is 81.5 Å². The van der Waals surface area contributed by atoms with Crippen molar-refractivity contribution in [2.75, 3.05) is 0 Å². The van der Waals surface area contributed by atoms with Crippen molar-refractivity contribution in [2.45, 2.75) is 64.5 Å². The van der Waals surface area contributed by atoms with Gasteiger partial charge in [-0.3, -0.25) is 0 Å². The molecule has 1 saturated carbocycles. The van der Waals surface area contributed by atoms with E-state index in [1.807, 2.05) is 0 Å². The van der Waals surface area contributed by atoms with Crippen LogP contribution in [0.1, 0.15) is 52.9 Å². The van der Waals surface area contributed by atoms with Crippen molar-refractivity contribution in [3.05, 3.63) is 0 Å². The van der Waals surface area contributed by atoms with Gasteiger partial charge in [-0.05, 0) is 18.3 Å².